The Morgan fingerprint density at radius 3 is 2.62 bits per heavy atom. The molecule has 0 fully saturated rings. The molecule has 0 saturated carbocycles. The van der Waals surface area contributed by atoms with Crippen molar-refractivity contribution in [2.75, 3.05) is 13.7 Å². The first-order valence-electron chi connectivity index (χ1n) is 6.61. The van der Waals surface area contributed by atoms with E-state index in [-0.39, 0.29) is 10.6 Å². The molecule has 2 aromatic carbocycles. The SMILES string of the molecule is CCOc1cccc(C(NC)c2cc(F)c(Cl)cc2F)c1. The van der Waals surface area contributed by atoms with Crippen LogP contribution < -0.4 is 10.1 Å². The third-order valence-corrected chi connectivity index (χ3v) is 3.43. The summed E-state index contributed by atoms with van der Waals surface area (Å²) in [6.45, 7) is 2.42. The molecule has 0 aromatic heterocycles. The van der Waals surface area contributed by atoms with Gasteiger partial charge in [0, 0.05) is 5.56 Å². The average molecular weight is 312 g/mol. The van der Waals surface area contributed by atoms with Gasteiger partial charge in [-0.05, 0) is 43.8 Å². The summed E-state index contributed by atoms with van der Waals surface area (Å²) >= 11 is 5.59. The van der Waals surface area contributed by atoms with Gasteiger partial charge < -0.3 is 10.1 Å². The Morgan fingerprint density at radius 1 is 1.19 bits per heavy atom. The van der Waals surface area contributed by atoms with Crippen molar-refractivity contribution < 1.29 is 13.5 Å². The number of hydrogen-bond donors (Lipinski definition) is 1. The van der Waals surface area contributed by atoms with Crippen LogP contribution in [0.3, 0.4) is 0 Å². The van der Waals surface area contributed by atoms with E-state index in [0.717, 1.165) is 17.7 Å². The molecule has 5 heteroatoms. The van der Waals surface area contributed by atoms with Crippen molar-refractivity contribution in [1.29, 1.82) is 0 Å². The summed E-state index contributed by atoms with van der Waals surface area (Å²) in [6, 6.07) is 8.88. The highest BCUT2D eigenvalue weighted by Gasteiger charge is 2.19. The summed E-state index contributed by atoms with van der Waals surface area (Å²) in [5.41, 5.74) is 0.983. The Kier molecular flexibility index (Phi) is 5.15. The van der Waals surface area contributed by atoms with E-state index in [4.69, 9.17) is 16.3 Å². The summed E-state index contributed by atoms with van der Waals surface area (Å²) in [7, 11) is 1.68. The second kappa shape index (κ2) is 6.87. The highest BCUT2D eigenvalue weighted by molar-refractivity contribution is 6.30. The van der Waals surface area contributed by atoms with E-state index >= 15 is 0 Å². The first-order valence-corrected chi connectivity index (χ1v) is 6.99. The van der Waals surface area contributed by atoms with Crippen LogP contribution in [0.4, 0.5) is 8.78 Å². The van der Waals surface area contributed by atoms with Crippen molar-refractivity contribution in [3.8, 4) is 5.75 Å². The minimum atomic E-state index is -0.644. The van der Waals surface area contributed by atoms with Crippen molar-refractivity contribution in [1.82, 2.24) is 5.32 Å². The predicted molar refractivity (Wildman–Crippen MR) is 79.9 cm³/mol. The minimum Gasteiger partial charge on any atom is -0.494 e. The number of hydrogen-bond acceptors (Lipinski definition) is 2. The van der Waals surface area contributed by atoms with Gasteiger partial charge in [-0.25, -0.2) is 8.78 Å². The van der Waals surface area contributed by atoms with Gasteiger partial charge in [0.1, 0.15) is 17.4 Å². The second-order valence-electron chi connectivity index (χ2n) is 4.52. The van der Waals surface area contributed by atoms with Gasteiger partial charge in [0.05, 0.1) is 17.7 Å². The lowest BCUT2D eigenvalue weighted by atomic mass is 9.98. The summed E-state index contributed by atoms with van der Waals surface area (Å²) in [5.74, 6) is -0.512. The van der Waals surface area contributed by atoms with Crippen molar-refractivity contribution in [3.05, 3.63) is 64.2 Å². The van der Waals surface area contributed by atoms with Crippen LogP contribution >= 0.6 is 11.6 Å². The Labute approximate surface area is 127 Å². The Balaban J connectivity index is 2.44. The molecule has 0 heterocycles. The molecule has 0 bridgehead atoms. The third kappa shape index (κ3) is 3.52. The fourth-order valence-electron chi connectivity index (χ4n) is 2.21. The van der Waals surface area contributed by atoms with E-state index < -0.39 is 17.7 Å². The molecular weight excluding hydrogens is 296 g/mol. The van der Waals surface area contributed by atoms with Crippen LogP contribution in [0.1, 0.15) is 24.1 Å². The zero-order valence-corrected chi connectivity index (χ0v) is 12.5. The van der Waals surface area contributed by atoms with E-state index in [0.29, 0.717) is 12.4 Å². The molecule has 2 rings (SSSR count). The normalized spacial score (nSPS) is 12.2. The van der Waals surface area contributed by atoms with E-state index in [1.165, 1.54) is 0 Å². The van der Waals surface area contributed by atoms with E-state index in [1.54, 1.807) is 13.1 Å². The molecule has 1 atom stereocenters. The molecule has 0 aliphatic heterocycles. The molecule has 0 saturated heterocycles. The highest BCUT2D eigenvalue weighted by atomic mass is 35.5. The first-order chi connectivity index (χ1) is 10.1. The van der Waals surface area contributed by atoms with Gasteiger partial charge in [-0.3, -0.25) is 0 Å². The standard InChI is InChI=1S/C16H16ClF2NO/c1-3-21-11-6-4-5-10(7-11)16(20-2)12-8-15(19)13(17)9-14(12)18/h4-9,16,20H,3H2,1-2H3. The number of benzene rings is 2. The summed E-state index contributed by atoms with van der Waals surface area (Å²) in [5, 5.41) is 2.76. The van der Waals surface area contributed by atoms with Crippen LogP contribution in [-0.4, -0.2) is 13.7 Å². The monoisotopic (exact) mass is 311 g/mol. The minimum absolute atomic E-state index is 0.202. The molecule has 0 aliphatic carbocycles. The fourth-order valence-corrected chi connectivity index (χ4v) is 2.36. The van der Waals surface area contributed by atoms with Gasteiger partial charge in [-0.1, -0.05) is 23.7 Å². The molecule has 21 heavy (non-hydrogen) atoms. The van der Waals surface area contributed by atoms with Gasteiger partial charge in [0.15, 0.2) is 0 Å². The first kappa shape index (κ1) is 15.7. The summed E-state index contributed by atoms with van der Waals surface area (Å²) in [4.78, 5) is 0. The average Bonchev–Trinajstić information content (AvgIpc) is 2.46. The molecule has 1 unspecified atom stereocenters. The van der Waals surface area contributed by atoms with Crippen LogP contribution in [0, 0.1) is 11.6 Å². The third-order valence-electron chi connectivity index (χ3n) is 3.14. The topological polar surface area (TPSA) is 21.3 Å². The van der Waals surface area contributed by atoms with Gasteiger partial charge >= 0.3 is 0 Å². The lowest BCUT2D eigenvalue weighted by Gasteiger charge is -2.19. The lowest BCUT2D eigenvalue weighted by Crippen LogP contribution is -2.19. The highest BCUT2D eigenvalue weighted by Crippen LogP contribution is 2.29. The van der Waals surface area contributed by atoms with Crippen LogP contribution in [0.15, 0.2) is 36.4 Å². The Bertz CT molecular complexity index is 634. The Morgan fingerprint density at radius 2 is 1.95 bits per heavy atom. The van der Waals surface area contributed by atoms with Crippen molar-refractivity contribution in [2.24, 2.45) is 0 Å². The summed E-state index contributed by atoms with van der Waals surface area (Å²) in [6.07, 6.45) is 0. The van der Waals surface area contributed by atoms with Crippen molar-refractivity contribution in [2.45, 2.75) is 13.0 Å². The smallest absolute Gasteiger partial charge is 0.142 e. The van der Waals surface area contributed by atoms with Crippen molar-refractivity contribution >= 4 is 11.6 Å². The predicted octanol–water partition coefficient (Wildman–Crippen LogP) is 4.33. The molecule has 2 aromatic rings. The molecular formula is C16H16ClF2NO. The zero-order chi connectivity index (χ0) is 15.4. The lowest BCUT2D eigenvalue weighted by molar-refractivity contribution is 0.339. The van der Waals surface area contributed by atoms with E-state index in [1.807, 2.05) is 25.1 Å². The zero-order valence-electron chi connectivity index (χ0n) is 11.8. The van der Waals surface area contributed by atoms with Crippen LogP contribution in [0.25, 0.3) is 0 Å². The largest absolute Gasteiger partial charge is 0.494 e. The van der Waals surface area contributed by atoms with Crippen molar-refractivity contribution in [3.63, 3.8) is 0 Å². The molecule has 0 spiro atoms. The van der Waals surface area contributed by atoms with Gasteiger partial charge in [0.2, 0.25) is 0 Å². The molecule has 2 nitrogen and oxygen atoms in total. The van der Waals surface area contributed by atoms with Crippen LogP contribution in [-0.2, 0) is 0 Å². The maximum Gasteiger partial charge on any atom is 0.142 e. The fraction of sp³-hybridized carbons (Fsp3) is 0.250. The molecule has 1 N–H and O–H groups in total. The van der Waals surface area contributed by atoms with E-state index in [2.05, 4.69) is 5.32 Å². The van der Waals surface area contributed by atoms with Gasteiger partial charge in [0.25, 0.3) is 0 Å². The second-order valence-corrected chi connectivity index (χ2v) is 4.92. The summed E-state index contributed by atoms with van der Waals surface area (Å²) < 4.78 is 33.1. The number of halogens is 3. The van der Waals surface area contributed by atoms with Crippen LogP contribution in [0.5, 0.6) is 5.75 Å². The van der Waals surface area contributed by atoms with E-state index in [9.17, 15) is 8.78 Å². The molecule has 0 radical (unpaired) electrons. The maximum atomic E-state index is 14.1. The Hall–Kier alpha value is -1.65. The maximum absolute atomic E-state index is 14.1. The van der Waals surface area contributed by atoms with Gasteiger partial charge in [-0.2, -0.15) is 0 Å². The number of nitrogens with one attached hydrogen (secondary N) is 1. The number of rotatable bonds is 5. The molecule has 0 amide bonds. The van der Waals surface area contributed by atoms with Gasteiger partial charge in [-0.15, -0.1) is 0 Å². The quantitative estimate of drug-likeness (QED) is 0.830. The van der Waals surface area contributed by atoms with Crippen LogP contribution in [0.2, 0.25) is 5.02 Å². The molecule has 112 valence electrons. The molecule has 0 aliphatic rings. The number of ether oxygens (including phenoxy) is 1.